The normalized spacial score (nSPS) is 23.7. The molecule has 7 heteroatoms. The fourth-order valence-corrected chi connectivity index (χ4v) is 2.78. The van der Waals surface area contributed by atoms with Crippen molar-refractivity contribution in [3.63, 3.8) is 0 Å². The van der Waals surface area contributed by atoms with Crippen LogP contribution in [0.4, 0.5) is 0 Å². The second-order valence-corrected chi connectivity index (χ2v) is 5.38. The predicted octanol–water partition coefficient (Wildman–Crippen LogP) is 2.22. The van der Waals surface area contributed by atoms with E-state index in [1.807, 2.05) is 0 Å². The van der Waals surface area contributed by atoms with Gasteiger partial charge in [0, 0.05) is 7.11 Å². The number of rotatable bonds is 3. The zero-order chi connectivity index (χ0) is 13.2. The van der Waals surface area contributed by atoms with Gasteiger partial charge in [0.2, 0.25) is 5.65 Å². The molecule has 6 nitrogen and oxygen atoms in total. The van der Waals surface area contributed by atoms with E-state index >= 15 is 0 Å². The van der Waals surface area contributed by atoms with E-state index in [0.717, 1.165) is 25.7 Å². The number of nitrogens with zero attached hydrogens (tertiary/aromatic N) is 4. The largest absolute Gasteiger partial charge is 0.485 e. The Morgan fingerprint density at radius 3 is 2.74 bits per heavy atom. The minimum atomic E-state index is 0.204. The molecule has 102 valence electrons. The average molecular weight is 327 g/mol. The summed E-state index contributed by atoms with van der Waals surface area (Å²) >= 11 is 3.35. The molecule has 0 radical (unpaired) electrons. The van der Waals surface area contributed by atoms with Crippen molar-refractivity contribution >= 4 is 21.6 Å². The lowest BCUT2D eigenvalue weighted by Crippen LogP contribution is -2.27. The van der Waals surface area contributed by atoms with Gasteiger partial charge in [0.25, 0.3) is 0 Å². The van der Waals surface area contributed by atoms with Crippen LogP contribution in [0.25, 0.3) is 5.65 Å². The molecule has 0 unspecified atom stereocenters. The van der Waals surface area contributed by atoms with Gasteiger partial charge in [-0.1, -0.05) is 0 Å². The molecule has 0 saturated heterocycles. The first kappa shape index (κ1) is 12.8. The Labute approximate surface area is 119 Å². The standard InChI is InChI=1S/C12H15BrN4O2/c1-18-8-2-4-9(5-3-8)19-10-6-14-12(13)17-7-15-16-11(10)17/h6-9H,2-5H2,1H3. The summed E-state index contributed by atoms with van der Waals surface area (Å²) in [4.78, 5) is 4.23. The van der Waals surface area contributed by atoms with Crippen molar-refractivity contribution in [3.05, 3.63) is 17.3 Å². The molecule has 2 aromatic heterocycles. The molecule has 1 aliphatic rings. The van der Waals surface area contributed by atoms with Crippen LogP contribution in [0.2, 0.25) is 0 Å². The summed E-state index contributed by atoms with van der Waals surface area (Å²) in [5.41, 5.74) is 0.690. The van der Waals surface area contributed by atoms with Gasteiger partial charge in [-0.2, -0.15) is 0 Å². The van der Waals surface area contributed by atoms with E-state index in [9.17, 15) is 0 Å². The van der Waals surface area contributed by atoms with Crippen LogP contribution in [0, 0.1) is 0 Å². The lowest BCUT2D eigenvalue weighted by molar-refractivity contribution is 0.0329. The summed E-state index contributed by atoms with van der Waals surface area (Å²) in [6, 6.07) is 0. The summed E-state index contributed by atoms with van der Waals surface area (Å²) in [6.07, 6.45) is 7.94. The molecule has 0 spiro atoms. The molecule has 0 amide bonds. The zero-order valence-electron chi connectivity index (χ0n) is 10.6. The van der Waals surface area contributed by atoms with E-state index in [1.165, 1.54) is 0 Å². The Bertz CT molecular complexity index is 566. The monoisotopic (exact) mass is 326 g/mol. The molecule has 0 atom stereocenters. The summed E-state index contributed by atoms with van der Waals surface area (Å²) < 4.78 is 13.8. The fourth-order valence-electron chi connectivity index (χ4n) is 2.42. The maximum Gasteiger partial charge on any atom is 0.206 e. The lowest BCUT2D eigenvalue weighted by Gasteiger charge is -2.27. The third kappa shape index (κ3) is 2.57. The van der Waals surface area contributed by atoms with Gasteiger partial charge in [-0.05, 0) is 41.6 Å². The quantitative estimate of drug-likeness (QED) is 0.809. The van der Waals surface area contributed by atoms with Crippen molar-refractivity contribution in [2.75, 3.05) is 7.11 Å². The van der Waals surface area contributed by atoms with E-state index < -0.39 is 0 Å². The minimum absolute atomic E-state index is 0.204. The maximum atomic E-state index is 6.01. The molecule has 1 aliphatic carbocycles. The van der Waals surface area contributed by atoms with Crippen molar-refractivity contribution in [2.45, 2.75) is 37.9 Å². The molecule has 0 N–H and O–H groups in total. The summed E-state index contributed by atoms with van der Waals surface area (Å²) in [5.74, 6) is 0.682. The maximum absolute atomic E-state index is 6.01. The van der Waals surface area contributed by atoms with Crippen molar-refractivity contribution in [1.29, 1.82) is 0 Å². The van der Waals surface area contributed by atoms with Crippen LogP contribution in [0.15, 0.2) is 17.3 Å². The Hall–Kier alpha value is -1.21. The van der Waals surface area contributed by atoms with Gasteiger partial charge in [-0.15, -0.1) is 10.2 Å². The predicted molar refractivity (Wildman–Crippen MR) is 72.2 cm³/mol. The molecule has 19 heavy (non-hydrogen) atoms. The first-order chi connectivity index (χ1) is 9.28. The van der Waals surface area contributed by atoms with Crippen LogP contribution in [0.3, 0.4) is 0 Å². The number of methoxy groups -OCH3 is 1. The van der Waals surface area contributed by atoms with Crippen LogP contribution >= 0.6 is 15.9 Å². The zero-order valence-corrected chi connectivity index (χ0v) is 12.2. The van der Waals surface area contributed by atoms with Gasteiger partial charge in [0.1, 0.15) is 6.33 Å². The number of fused-ring (bicyclic) bond motifs is 1. The van der Waals surface area contributed by atoms with Gasteiger partial charge in [-0.3, -0.25) is 4.40 Å². The molecule has 0 bridgehead atoms. The third-order valence-electron chi connectivity index (χ3n) is 3.50. The van der Waals surface area contributed by atoms with Gasteiger partial charge < -0.3 is 9.47 Å². The summed E-state index contributed by atoms with van der Waals surface area (Å²) in [7, 11) is 1.77. The summed E-state index contributed by atoms with van der Waals surface area (Å²) in [5, 5.41) is 7.95. The van der Waals surface area contributed by atoms with Crippen LogP contribution in [0.5, 0.6) is 5.75 Å². The Kier molecular flexibility index (Phi) is 3.65. The minimum Gasteiger partial charge on any atom is -0.485 e. The highest BCUT2D eigenvalue weighted by atomic mass is 79.9. The van der Waals surface area contributed by atoms with Crippen molar-refractivity contribution in [3.8, 4) is 5.75 Å². The van der Waals surface area contributed by atoms with Crippen LogP contribution in [0.1, 0.15) is 25.7 Å². The summed E-state index contributed by atoms with van der Waals surface area (Å²) in [6.45, 7) is 0. The number of hydrogen-bond acceptors (Lipinski definition) is 5. The van der Waals surface area contributed by atoms with E-state index in [4.69, 9.17) is 9.47 Å². The number of aromatic nitrogens is 4. The Morgan fingerprint density at radius 1 is 1.26 bits per heavy atom. The molecule has 1 fully saturated rings. The van der Waals surface area contributed by atoms with Crippen LogP contribution in [-0.2, 0) is 4.74 Å². The van der Waals surface area contributed by atoms with Crippen molar-refractivity contribution in [2.24, 2.45) is 0 Å². The Morgan fingerprint density at radius 2 is 2.00 bits per heavy atom. The molecule has 2 aromatic rings. The van der Waals surface area contributed by atoms with E-state index in [2.05, 4.69) is 31.1 Å². The molecule has 0 aromatic carbocycles. The molecule has 1 saturated carbocycles. The molecule has 2 heterocycles. The number of hydrogen-bond donors (Lipinski definition) is 0. The van der Waals surface area contributed by atoms with Crippen molar-refractivity contribution < 1.29 is 9.47 Å². The van der Waals surface area contributed by atoms with Crippen LogP contribution < -0.4 is 4.74 Å². The second kappa shape index (κ2) is 5.42. The molecule has 0 aliphatic heterocycles. The fraction of sp³-hybridized carbons (Fsp3) is 0.583. The Balaban J connectivity index is 1.75. The van der Waals surface area contributed by atoms with Crippen molar-refractivity contribution in [1.82, 2.24) is 19.6 Å². The lowest BCUT2D eigenvalue weighted by atomic mass is 9.95. The SMILES string of the molecule is COC1CCC(Oc2cnc(Br)n3cnnc23)CC1. The highest BCUT2D eigenvalue weighted by Gasteiger charge is 2.23. The van der Waals surface area contributed by atoms with Gasteiger partial charge in [0.15, 0.2) is 10.5 Å². The van der Waals surface area contributed by atoms with Gasteiger partial charge in [0.05, 0.1) is 18.4 Å². The number of ether oxygens (including phenoxy) is 2. The second-order valence-electron chi connectivity index (χ2n) is 4.67. The highest BCUT2D eigenvalue weighted by molar-refractivity contribution is 9.10. The molecule has 3 rings (SSSR count). The van der Waals surface area contributed by atoms with E-state index in [0.29, 0.717) is 22.2 Å². The third-order valence-corrected chi connectivity index (χ3v) is 4.09. The average Bonchev–Trinajstić information content (AvgIpc) is 2.93. The van der Waals surface area contributed by atoms with E-state index in [-0.39, 0.29) is 6.10 Å². The highest BCUT2D eigenvalue weighted by Crippen LogP contribution is 2.27. The van der Waals surface area contributed by atoms with E-state index in [1.54, 1.807) is 24.0 Å². The first-order valence-corrected chi connectivity index (χ1v) is 7.11. The number of halogens is 1. The van der Waals surface area contributed by atoms with Gasteiger partial charge in [-0.25, -0.2) is 4.98 Å². The van der Waals surface area contributed by atoms with Gasteiger partial charge >= 0.3 is 0 Å². The first-order valence-electron chi connectivity index (χ1n) is 6.31. The molecular weight excluding hydrogens is 312 g/mol. The smallest absolute Gasteiger partial charge is 0.206 e. The molecular formula is C12H15BrN4O2. The van der Waals surface area contributed by atoms with Crippen LogP contribution in [-0.4, -0.2) is 38.9 Å². The topological polar surface area (TPSA) is 61.5 Å².